The number of aliphatic hydroxyl groups excluding tert-OH is 2. The molecule has 2 spiro atoms. The van der Waals surface area contributed by atoms with E-state index in [0.717, 1.165) is 101 Å². The van der Waals surface area contributed by atoms with E-state index in [2.05, 4.69) is 82.7 Å². The number of halogens is 2. The minimum absolute atomic E-state index is 0.133. The lowest BCUT2D eigenvalue weighted by Gasteiger charge is -2.45. The molecule has 4 aliphatic carbocycles. The lowest BCUT2D eigenvalue weighted by molar-refractivity contribution is 0.0454. The molecule has 10 rings (SSSR count). The molecule has 0 radical (unpaired) electrons. The number of carbonyl (C=O) groups excluding carboxylic acids is 2. The monoisotopic (exact) mass is 1360 g/mol. The minimum atomic E-state index is -4.11. The van der Waals surface area contributed by atoms with E-state index in [1.54, 1.807) is 48.6 Å². The second-order valence-corrected chi connectivity index (χ2v) is 31.4. The number of carbonyl (C=O) groups is 2. The SMILES string of the molecule is C=CCC[C@@H](CC#N)S(=O)(=O)NC(=O)c1ccc2c(c1)N(C[C@@H]1CC[C@H]1[C@@H](O)/C=C/CCC)C[C@@]1(CCCc3cc(Cl)ccc31)CO2.C=CCC[C@H](CC#N)S(=O)(=O)NC(=O)c1ccc2c(c1)N(C[C@@H]1CC[C@H]1[C@@H](O)/C=C/CCC)C[C@@]1(CCCc3cc(Cl)ccc31)CO2. The van der Waals surface area contributed by atoms with Crippen LogP contribution in [0.15, 0.2) is 122 Å². The summed E-state index contributed by atoms with van der Waals surface area (Å²) < 4.78 is 70.2. The number of hydrogen-bond acceptors (Lipinski definition) is 14. The van der Waals surface area contributed by atoms with Crippen LogP contribution in [-0.4, -0.2) is 101 Å². The molecule has 6 aliphatic rings. The molecule has 0 unspecified atom stereocenters. The average Bonchev–Trinajstić information content (AvgIpc) is 1.55. The van der Waals surface area contributed by atoms with Crippen LogP contribution >= 0.6 is 23.2 Å². The third-order valence-electron chi connectivity index (χ3n) is 20.3. The van der Waals surface area contributed by atoms with Crippen molar-refractivity contribution in [2.24, 2.45) is 23.7 Å². The Morgan fingerprint density at radius 1 is 0.638 bits per heavy atom. The highest BCUT2D eigenvalue weighted by Gasteiger charge is 2.47. The van der Waals surface area contributed by atoms with Gasteiger partial charge in [-0.25, -0.2) is 26.3 Å². The summed E-state index contributed by atoms with van der Waals surface area (Å²) >= 11 is 12.8. The lowest BCUT2D eigenvalue weighted by atomic mass is 9.68. The zero-order valence-electron chi connectivity index (χ0n) is 54.3. The van der Waals surface area contributed by atoms with Gasteiger partial charge in [0.1, 0.15) is 11.5 Å². The molecule has 16 nitrogen and oxygen atoms in total. The highest BCUT2D eigenvalue weighted by atomic mass is 35.5. The maximum absolute atomic E-state index is 13.5. The number of ether oxygens (including phenoxy) is 2. The molecule has 0 aromatic heterocycles. The number of unbranched alkanes of at least 4 members (excludes halogenated alkanes) is 2. The Hall–Kier alpha value is -6.64. The molecule has 10 atom stereocenters. The van der Waals surface area contributed by atoms with Crippen molar-refractivity contribution in [1.82, 2.24) is 9.44 Å². The molecule has 2 amide bonds. The number of nitriles is 2. The van der Waals surface area contributed by atoms with Crippen molar-refractivity contribution >= 4 is 66.4 Å². The Kier molecular flexibility index (Phi) is 24.7. The highest BCUT2D eigenvalue weighted by Crippen LogP contribution is 2.49. The van der Waals surface area contributed by atoms with E-state index in [4.69, 9.17) is 32.7 Å². The Morgan fingerprint density at radius 3 is 1.41 bits per heavy atom. The fraction of sp³-hybridized carbons (Fsp3) is 0.514. The van der Waals surface area contributed by atoms with E-state index < -0.39 is 54.6 Å². The predicted molar refractivity (Wildman–Crippen MR) is 373 cm³/mol. The van der Waals surface area contributed by atoms with Crippen molar-refractivity contribution in [3.8, 4) is 23.6 Å². The lowest BCUT2D eigenvalue weighted by Crippen LogP contribution is -2.49. The molecule has 4 N–H and O–H groups in total. The van der Waals surface area contributed by atoms with Crippen molar-refractivity contribution in [3.63, 3.8) is 0 Å². The molecule has 2 heterocycles. The fourth-order valence-electron chi connectivity index (χ4n) is 14.8. The van der Waals surface area contributed by atoms with Gasteiger partial charge < -0.3 is 29.5 Å². The van der Waals surface area contributed by atoms with Crippen molar-refractivity contribution in [3.05, 3.63) is 166 Å². The van der Waals surface area contributed by atoms with Crippen LogP contribution in [0.4, 0.5) is 11.4 Å². The molecule has 4 aromatic carbocycles. The molecule has 4 aromatic rings. The zero-order chi connectivity index (χ0) is 67.2. The molecular formula is C74H92Cl2N6O10S2. The summed E-state index contributed by atoms with van der Waals surface area (Å²) in [5.74, 6) is 0.517. The number of sulfonamides is 2. The number of fused-ring (bicyclic) bond motifs is 6. The van der Waals surface area contributed by atoms with Crippen molar-refractivity contribution in [2.45, 2.75) is 176 Å². The molecule has 0 saturated heterocycles. The summed E-state index contributed by atoms with van der Waals surface area (Å²) in [6.07, 6.45) is 24.5. The number of aliphatic hydroxyl groups is 2. The topological polar surface area (TPSA) is 239 Å². The van der Waals surface area contributed by atoms with Crippen LogP contribution in [0.3, 0.4) is 0 Å². The molecular weight excluding hydrogens is 1270 g/mol. The summed E-state index contributed by atoms with van der Waals surface area (Å²) in [7, 11) is -8.21. The average molecular weight is 1360 g/mol. The number of anilines is 2. The van der Waals surface area contributed by atoms with E-state index in [0.29, 0.717) is 73.8 Å². The van der Waals surface area contributed by atoms with Crippen LogP contribution in [0.25, 0.3) is 0 Å². The van der Waals surface area contributed by atoms with Gasteiger partial charge in [-0.15, -0.1) is 13.2 Å². The first-order valence-electron chi connectivity index (χ1n) is 33.6. The summed E-state index contributed by atoms with van der Waals surface area (Å²) in [6, 6.07) is 26.2. The largest absolute Gasteiger partial charge is 0.490 e. The summed E-state index contributed by atoms with van der Waals surface area (Å²) in [4.78, 5) is 31.5. The number of amides is 2. The summed E-state index contributed by atoms with van der Waals surface area (Å²) in [5, 5.41) is 39.9. The number of benzene rings is 4. The summed E-state index contributed by atoms with van der Waals surface area (Å²) in [6.45, 7) is 15.1. The second kappa shape index (κ2) is 32.4. The van der Waals surface area contributed by atoms with E-state index in [1.807, 2.05) is 36.4 Å². The van der Waals surface area contributed by atoms with Crippen LogP contribution in [0.2, 0.25) is 10.0 Å². The first-order valence-corrected chi connectivity index (χ1v) is 37.4. The van der Waals surface area contributed by atoms with Crippen LogP contribution < -0.4 is 28.7 Å². The molecule has 504 valence electrons. The van der Waals surface area contributed by atoms with E-state index in [1.165, 1.54) is 22.3 Å². The van der Waals surface area contributed by atoms with Gasteiger partial charge in [-0.3, -0.25) is 9.59 Å². The highest BCUT2D eigenvalue weighted by molar-refractivity contribution is 7.91. The van der Waals surface area contributed by atoms with Crippen LogP contribution in [-0.2, 0) is 43.7 Å². The Morgan fingerprint density at radius 2 is 1.05 bits per heavy atom. The number of nitrogens with zero attached hydrogens (tertiary/aromatic N) is 4. The van der Waals surface area contributed by atoms with Gasteiger partial charge in [0.15, 0.2) is 0 Å². The van der Waals surface area contributed by atoms with E-state index in [-0.39, 0.29) is 71.3 Å². The quantitative estimate of drug-likeness (QED) is 0.0428. The smallest absolute Gasteiger partial charge is 0.264 e. The number of hydrogen-bond donors (Lipinski definition) is 4. The normalized spacial score (nSPS) is 23.4. The molecule has 2 fully saturated rings. The van der Waals surface area contributed by atoms with Gasteiger partial charge in [-0.1, -0.05) is 98.5 Å². The van der Waals surface area contributed by atoms with Crippen molar-refractivity contribution in [1.29, 1.82) is 10.5 Å². The number of rotatable bonds is 26. The first-order chi connectivity index (χ1) is 45.2. The van der Waals surface area contributed by atoms with Crippen molar-refractivity contribution in [2.75, 3.05) is 49.2 Å². The van der Waals surface area contributed by atoms with E-state index in [9.17, 15) is 47.2 Å². The number of nitrogens with one attached hydrogen (secondary N) is 2. The van der Waals surface area contributed by atoms with Gasteiger partial charge in [0.25, 0.3) is 11.8 Å². The Labute approximate surface area is 567 Å². The number of allylic oxidation sites excluding steroid dienone is 4. The molecule has 20 heteroatoms. The van der Waals surface area contributed by atoms with Gasteiger partial charge in [-0.05, 0) is 209 Å². The Balaban J connectivity index is 0.000000221. The molecule has 2 saturated carbocycles. The third-order valence-corrected chi connectivity index (χ3v) is 24.3. The fourth-order valence-corrected chi connectivity index (χ4v) is 17.8. The van der Waals surface area contributed by atoms with Crippen LogP contribution in [0, 0.1) is 46.3 Å². The number of aryl methyl sites for hydroxylation is 2. The van der Waals surface area contributed by atoms with Crippen LogP contribution in [0.1, 0.15) is 172 Å². The predicted octanol–water partition coefficient (Wildman–Crippen LogP) is 13.7. The third kappa shape index (κ3) is 16.9. The Bertz CT molecular complexity index is 3510. The maximum Gasteiger partial charge on any atom is 0.264 e. The van der Waals surface area contributed by atoms with Gasteiger partial charge >= 0.3 is 0 Å². The standard InChI is InChI=1S/2C37H46ClN3O5S/c2*1-3-5-7-11-34(42)31-15-12-28(31)23-41-24-37(19-8-9-26-21-29(38)14-16-32(26)37)25-46-35-17-13-27(22-33(35)41)36(43)40-47(44,45)30(18-20-39)10-6-4-2/h2*4,7,11,13-14,16-17,21-22,28,30-31,34,42H,2-3,5-6,8-10,12,15,18-19,23-25H2,1H3,(H,40,43)/b2*11-7+/t28-,30+,31+,34-,37-;28-,30-,31+,34-,37-/m00/s1. The molecule has 2 aliphatic heterocycles. The first kappa shape index (κ1) is 71.6. The van der Waals surface area contributed by atoms with Crippen molar-refractivity contribution < 1.29 is 46.1 Å². The van der Waals surface area contributed by atoms with Gasteiger partial charge in [0.05, 0.1) is 72.3 Å². The molecule has 94 heavy (non-hydrogen) atoms. The van der Waals surface area contributed by atoms with Gasteiger partial charge in [0.2, 0.25) is 20.0 Å². The van der Waals surface area contributed by atoms with Gasteiger partial charge in [0, 0.05) is 58.2 Å². The van der Waals surface area contributed by atoms with Gasteiger partial charge in [-0.2, -0.15) is 10.5 Å². The molecule has 0 bridgehead atoms. The summed E-state index contributed by atoms with van der Waals surface area (Å²) in [5.41, 5.74) is 6.14. The second-order valence-electron chi connectivity index (χ2n) is 26.6. The minimum Gasteiger partial charge on any atom is -0.490 e. The van der Waals surface area contributed by atoms with E-state index >= 15 is 0 Å². The van der Waals surface area contributed by atoms with Crippen LogP contribution in [0.5, 0.6) is 11.5 Å². The zero-order valence-corrected chi connectivity index (χ0v) is 57.5. The maximum atomic E-state index is 13.5.